The molecule has 19 heavy (non-hydrogen) atoms. The van der Waals surface area contributed by atoms with Gasteiger partial charge in [0, 0.05) is 6.54 Å². The first-order valence-corrected chi connectivity index (χ1v) is 5.82. The van der Waals surface area contributed by atoms with Crippen molar-refractivity contribution in [1.82, 2.24) is 4.98 Å². The van der Waals surface area contributed by atoms with Crippen molar-refractivity contribution in [2.45, 2.75) is 13.5 Å². The SMILES string of the molecule is CCOC(=O)c1coc(Oc2ccc(CN)cc2)n1. The zero-order chi connectivity index (χ0) is 13.7. The minimum Gasteiger partial charge on any atom is -0.461 e. The number of esters is 1. The zero-order valence-electron chi connectivity index (χ0n) is 10.5. The Hall–Kier alpha value is -2.34. The van der Waals surface area contributed by atoms with Gasteiger partial charge in [-0.25, -0.2) is 4.79 Å². The minimum atomic E-state index is -0.542. The Morgan fingerprint density at radius 2 is 2.11 bits per heavy atom. The third kappa shape index (κ3) is 3.32. The summed E-state index contributed by atoms with van der Waals surface area (Å²) in [5, 5.41) is 0. The number of hydrogen-bond donors (Lipinski definition) is 1. The van der Waals surface area contributed by atoms with E-state index in [1.165, 1.54) is 6.26 Å². The second-order valence-corrected chi connectivity index (χ2v) is 3.67. The molecule has 0 aliphatic heterocycles. The van der Waals surface area contributed by atoms with Gasteiger partial charge >= 0.3 is 12.0 Å². The van der Waals surface area contributed by atoms with E-state index in [0.717, 1.165) is 5.56 Å². The third-order valence-corrected chi connectivity index (χ3v) is 2.33. The van der Waals surface area contributed by atoms with Crippen molar-refractivity contribution >= 4 is 5.97 Å². The molecule has 6 heteroatoms. The standard InChI is InChI=1S/C13H14N2O4/c1-2-17-12(16)11-8-18-13(15-11)19-10-5-3-9(7-14)4-6-10/h3-6,8H,2,7,14H2,1H3. The van der Waals surface area contributed by atoms with E-state index in [4.69, 9.17) is 19.6 Å². The Morgan fingerprint density at radius 3 is 2.74 bits per heavy atom. The molecule has 100 valence electrons. The van der Waals surface area contributed by atoms with Gasteiger partial charge in [0.05, 0.1) is 6.61 Å². The van der Waals surface area contributed by atoms with Gasteiger partial charge in [-0.15, -0.1) is 0 Å². The van der Waals surface area contributed by atoms with Crippen LogP contribution >= 0.6 is 0 Å². The second kappa shape index (κ2) is 6.01. The summed E-state index contributed by atoms with van der Waals surface area (Å²) in [6.07, 6.45) is 1.19. The number of nitrogens with zero attached hydrogens (tertiary/aromatic N) is 1. The number of nitrogens with two attached hydrogens (primary N) is 1. The molecule has 0 fully saturated rings. The maximum absolute atomic E-state index is 11.4. The zero-order valence-corrected chi connectivity index (χ0v) is 10.5. The largest absolute Gasteiger partial charge is 0.461 e. The summed E-state index contributed by atoms with van der Waals surface area (Å²) in [4.78, 5) is 15.3. The molecule has 2 aromatic rings. The molecule has 0 bridgehead atoms. The highest BCUT2D eigenvalue weighted by Gasteiger charge is 2.14. The maximum atomic E-state index is 11.4. The summed E-state index contributed by atoms with van der Waals surface area (Å²) in [5.41, 5.74) is 6.57. The number of ether oxygens (including phenoxy) is 2. The van der Waals surface area contributed by atoms with Crippen LogP contribution in [-0.4, -0.2) is 17.6 Å². The van der Waals surface area contributed by atoms with Gasteiger partial charge in [-0.3, -0.25) is 0 Å². The summed E-state index contributed by atoms with van der Waals surface area (Å²) >= 11 is 0. The minimum absolute atomic E-state index is 0.0106. The Labute approximate surface area is 110 Å². The molecule has 0 aliphatic carbocycles. The van der Waals surface area contributed by atoms with Crippen LogP contribution in [0.3, 0.4) is 0 Å². The van der Waals surface area contributed by atoms with Crippen LogP contribution in [0.2, 0.25) is 0 Å². The van der Waals surface area contributed by atoms with E-state index >= 15 is 0 Å². The molecule has 0 aliphatic rings. The fourth-order valence-electron chi connectivity index (χ4n) is 1.40. The van der Waals surface area contributed by atoms with Gasteiger partial charge in [0.25, 0.3) is 0 Å². The summed E-state index contributed by atoms with van der Waals surface area (Å²) in [5.74, 6) is 0.00837. The smallest absolute Gasteiger partial charge is 0.399 e. The first kappa shape index (κ1) is 13.1. The number of hydrogen-bond acceptors (Lipinski definition) is 6. The van der Waals surface area contributed by atoms with E-state index in [1.807, 2.05) is 12.1 Å². The predicted octanol–water partition coefficient (Wildman–Crippen LogP) is 2.10. The first-order chi connectivity index (χ1) is 9.22. The molecular formula is C13H14N2O4. The van der Waals surface area contributed by atoms with E-state index in [1.54, 1.807) is 19.1 Å². The van der Waals surface area contributed by atoms with Crippen LogP contribution in [0.5, 0.6) is 11.8 Å². The maximum Gasteiger partial charge on any atom is 0.399 e. The van der Waals surface area contributed by atoms with Crippen molar-refractivity contribution in [1.29, 1.82) is 0 Å². The van der Waals surface area contributed by atoms with E-state index in [-0.39, 0.29) is 18.4 Å². The van der Waals surface area contributed by atoms with Gasteiger partial charge in [0.2, 0.25) is 0 Å². The molecule has 0 atom stereocenters. The molecule has 2 rings (SSSR count). The number of oxazole rings is 1. The fraction of sp³-hybridized carbons (Fsp3) is 0.231. The van der Waals surface area contributed by atoms with Gasteiger partial charge in [0.15, 0.2) is 5.69 Å². The lowest BCUT2D eigenvalue weighted by Gasteiger charge is -2.01. The third-order valence-electron chi connectivity index (χ3n) is 2.33. The van der Waals surface area contributed by atoms with Crippen LogP contribution in [0.15, 0.2) is 34.9 Å². The molecule has 1 aromatic heterocycles. The average molecular weight is 262 g/mol. The summed E-state index contributed by atoms with van der Waals surface area (Å²) < 4.78 is 15.2. The fourth-order valence-corrected chi connectivity index (χ4v) is 1.40. The molecule has 0 saturated carbocycles. The Bertz CT molecular complexity index is 548. The van der Waals surface area contributed by atoms with E-state index in [9.17, 15) is 4.79 Å². The number of benzene rings is 1. The predicted molar refractivity (Wildman–Crippen MR) is 66.9 cm³/mol. The van der Waals surface area contributed by atoms with Crippen molar-refractivity contribution in [3.8, 4) is 11.8 Å². The van der Waals surface area contributed by atoms with Crippen molar-refractivity contribution < 1.29 is 18.7 Å². The quantitative estimate of drug-likeness (QED) is 0.830. The van der Waals surface area contributed by atoms with Crippen LogP contribution < -0.4 is 10.5 Å². The van der Waals surface area contributed by atoms with Gasteiger partial charge in [-0.05, 0) is 24.6 Å². The van der Waals surface area contributed by atoms with Crippen molar-refractivity contribution in [2.75, 3.05) is 6.61 Å². The van der Waals surface area contributed by atoms with Crippen LogP contribution in [0.4, 0.5) is 0 Å². The van der Waals surface area contributed by atoms with Crippen LogP contribution in [0.1, 0.15) is 23.0 Å². The number of aromatic nitrogens is 1. The van der Waals surface area contributed by atoms with Gasteiger partial charge in [0.1, 0.15) is 12.0 Å². The normalized spacial score (nSPS) is 10.2. The first-order valence-electron chi connectivity index (χ1n) is 5.82. The van der Waals surface area contributed by atoms with E-state index in [0.29, 0.717) is 12.3 Å². The lowest BCUT2D eigenvalue weighted by Crippen LogP contribution is -2.04. The second-order valence-electron chi connectivity index (χ2n) is 3.67. The van der Waals surface area contributed by atoms with Gasteiger partial charge in [-0.1, -0.05) is 12.1 Å². The Balaban J connectivity index is 2.04. The topological polar surface area (TPSA) is 87.6 Å². The molecule has 1 aromatic carbocycles. The molecule has 6 nitrogen and oxygen atoms in total. The average Bonchev–Trinajstić information content (AvgIpc) is 2.88. The molecule has 0 saturated heterocycles. The molecule has 1 heterocycles. The molecule has 2 N–H and O–H groups in total. The van der Waals surface area contributed by atoms with Crippen molar-refractivity contribution in [2.24, 2.45) is 5.73 Å². The van der Waals surface area contributed by atoms with Crippen LogP contribution in [-0.2, 0) is 11.3 Å². The lowest BCUT2D eigenvalue weighted by atomic mass is 10.2. The highest BCUT2D eigenvalue weighted by molar-refractivity contribution is 5.86. The Morgan fingerprint density at radius 1 is 1.37 bits per heavy atom. The Kier molecular flexibility index (Phi) is 4.15. The lowest BCUT2D eigenvalue weighted by molar-refractivity contribution is 0.0519. The summed E-state index contributed by atoms with van der Waals surface area (Å²) in [7, 11) is 0. The molecular weight excluding hydrogens is 248 g/mol. The molecule has 0 amide bonds. The van der Waals surface area contributed by atoms with Crippen molar-refractivity contribution in [3.05, 3.63) is 41.8 Å². The molecule has 0 radical (unpaired) electrons. The highest BCUT2D eigenvalue weighted by Crippen LogP contribution is 2.21. The summed E-state index contributed by atoms with van der Waals surface area (Å²) in [6, 6.07) is 7.17. The van der Waals surface area contributed by atoms with Crippen LogP contribution in [0.25, 0.3) is 0 Å². The van der Waals surface area contributed by atoms with E-state index < -0.39 is 5.97 Å². The van der Waals surface area contributed by atoms with Gasteiger partial charge in [-0.2, -0.15) is 4.98 Å². The number of carbonyl (C=O) groups is 1. The van der Waals surface area contributed by atoms with Crippen LogP contribution in [0, 0.1) is 0 Å². The highest BCUT2D eigenvalue weighted by atomic mass is 16.6. The van der Waals surface area contributed by atoms with Gasteiger partial charge < -0.3 is 19.6 Å². The molecule has 0 unspecified atom stereocenters. The number of rotatable bonds is 5. The van der Waals surface area contributed by atoms with E-state index in [2.05, 4.69) is 4.98 Å². The number of carbonyl (C=O) groups excluding carboxylic acids is 1. The molecule has 0 spiro atoms. The summed E-state index contributed by atoms with van der Waals surface area (Å²) in [6.45, 7) is 2.46. The monoisotopic (exact) mass is 262 g/mol. The van der Waals surface area contributed by atoms with Crippen molar-refractivity contribution in [3.63, 3.8) is 0 Å².